The Hall–Kier alpha value is -0.0800. The van der Waals surface area contributed by atoms with Crippen molar-refractivity contribution in [2.75, 3.05) is 26.7 Å². The molecule has 1 aliphatic heterocycles. The molecule has 0 spiro atoms. The fourth-order valence-electron chi connectivity index (χ4n) is 2.38. The Morgan fingerprint density at radius 2 is 2.13 bits per heavy atom. The van der Waals surface area contributed by atoms with Gasteiger partial charge in [0.2, 0.25) is 0 Å². The van der Waals surface area contributed by atoms with E-state index in [4.69, 9.17) is 0 Å². The van der Waals surface area contributed by atoms with Gasteiger partial charge in [-0.3, -0.25) is 0 Å². The second-order valence-corrected chi connectivity index (χ2v) is 5.03. The molecular weight excluding hydrogens is 184 g/mol. The van der Waals surface area contributed by atoms with E-state index in [9.17, 15) is 0 Å². The molecule has 1 saturated heterocycles. The maximum Gasteiger partial charge on any atom is 0.00479 e. The molecule has 0 aromatic carbocycles. The van der Waals surface area contributed by atoms with Gasteiger partial charge in [-0.15, -0.1) is 0 Å². The molecule has 0 radical (unpaired) electrons. The van der Waals surface area contributed by atoms with Crippen LogP contribution in [0.4, 0.5) is 0 Å². The molecule has 2 nitrogen and oxygen atoms in total. The molecule has 90 valence electrons. The van der Waals surface area contributed by atoms with Gasteiger partial charge in [-0.1, -0.05) is 13.3 Å². The molecule has 1 fully saturated rings. The van der Waals surface area contributed by atoms with E-state index in [-0.39, 0.29) is 0 Å². The van der Waals surface area contributed by atoms with Gasteiger partial charge in [0, 0.05) is 6.04 Å². The SMILES string of the molecule is CCC1CCCN(CCC(C)NC)CC1. The largest absolute Gasteiger partial charge is 0.317 e. The monoisotopic (exact) mass is 212 g/mol. The van der Waals surface area contributed by atoms with Crippen molar-refractivity contribution in [1.82, 2.24) is 10.2 Å². The summed E-state index contributed by atoms with van der Waals surface area (Å²) in [5, 5.41) is 3.31. The summed E-state index contributed by atoms with van der Waals surface area (Å²) < 4.78 is 0. The van der Waals surface area contributed by atoms with Gasteiger partial charge >= 0.3 is 0 Å². The maximum atomic E-state index is 3.31. The standard InChI is InChI=1S/C13H28N2/c1-4-13-6-5-9-15(11-8-13)10-7-12(2)14-3/h12-14H,4-11H2,1-3H3. The lowest BCUT2D eigenvalue weighted by atomic mass is 9.98. The number of rotatable bonds is 5. The Kier molecular flexibility index (Phi) is 6.26. The van der Waals surface area contributed by atoms with Crippen molar-refractivity contribution in [3.8, 4) is 0 Å². The van der Waals surface area contributed by atoms with E-state index >= 15 is 0 Å². The molecule has 1 heterocycles. The summed E-state index contributed by atoms with van der Waals surface area (Å²) in [5.41, 5.74) is 0. The first-order valence-electron chi connectivity index (χ1n) is 6.65. The van der Waals surface area contributed by atoms with E-state index in [1.54, 1.807) is 0 Å². The predicted molar refractivity (Wildman–Crippen MR) is 67.2 cm³/mol. The van der Waals surface area contributed by atoms with Crippen molar-refractivity contribution >= 4 is 0 Å². The minimum atomic E-state index is 0.662. The summed E-state index contributed by atoms with van der Waals surface area (Å²) >= 11 is 0. The van der Waals surface area contributed by atoms with Crippen LogP contribution < -0.4 is 5.32 Å². The maximum absolute atomic E-state index is 3.31. The third-order valence-corrected chi connectivity index (χ3v) is 3.89. The lowest BCUT2D eigenvalue weighted by molar-refractivity contribution is 0.266. The van der Waals surface area contributed by atoms with Crippen LogP contribution in [-0.2, 0) is 0 Å². The molecule has 2 atom stereocenters. The minimum absolute atomic E-state index is 0.662. The van der Waals surface area contributed by atoms with Gasteiger partial charge in [-0.2, -0.15) is 0 Å². The van der Waals surface area contributed by atoms with Gasteiger partial charge in [0.25, 0.3) is 0 Å². The van der Waals surface area contributed by atoms with Crippen LogP contribution in [0.1, 0.15) is 46.0 Å². The first-order valence-corrected chi connectivity index (χ1v) is 6.65. The van der Waals surface area contributed by atoms with E-state index in [2.05, 4.69) is 31.1 Å². The lowest BCUT2D eigenvalue weighted by Gasteiger charge is -2.21. The molecule has 1 N–H and O–H groups in total. The van der Waals surface area contributed by atoms with Crippen LogP contribution in [0.25, 0.3) is 0 Å². The van der Waals surface area contributed by atoms with Gasteiger partial charge in [0.05, 0.1) is 0 Å². The fraction of sp³-hybridized carbons (Fsp3) is 1.00. The molecule has 2 heteroatoms. The van der Waals surface area contributed by atoms with Gasteiger partial charge < -0.3 is 10.2 Å². The minimum Gasteiger partial charge on any atom is -0.317 e. The van der Waals surface area contributed by atoms with E-state index in [0.717, 1.165) is 5.92 Å². The molecule has 0 aliphatic carbocycles. The van der Waals surface area contributed by atoms with Gasteiger partial charge in [0.15, 0.2) is 0 Å². The van der Waals surface area contributed by atoms with Crippen molar-refractivity contribution < 1.29 is 0 Å². The predicted octanol–water partition coefficient (Wildman–Crippen LogP) is 2.50. The summed E-state index contributed by atoms with van der Waals surface area (Å²) in [6.45, 7) is 8.54. The van der Waals surface area contributed by atoms with Crippen LogP contribution in [-0.4, -0.2) is 37.6 Å². The second-order valence-electron chi connectivity index (χ2n) is 5.03. The smallest absolute Gasteiger partial charge is 0.00479 e. The number of hydrogen-bond donors (Lipinski definition) is 1. The normalized spacial score (nSPS) is 26.2. The Bertz CT molecular complexity index is 159. The molecule has 0 aromatic heterocycles. The Morgan fingerprint density at radius 1 is 1.33 bits per heavy atom. The summed E-state index contributed by atoms with van der Waals surface area (Å²) in [4.78, 5) is 2.66. The number of nitrogens with one attached hydrogen (secondary N) is 1. The Balaban J connectivity index is 2.19. The number of nitrogens with zero attached hydrogens (tertiary/aromatic N) is 1. The molecule has 1 aliphatic rings. The average Bonchev–Trinajstić information content (AvgIpc) is 2.50. The van der Waals surface area contributed by atoms with Gasteiger partial charge in [-0.05, 0) is 65.2 Å². The van der Waals surface area contributed by atoms with E-state index < -0.39 is 0 Å². The van der Waals surface area contributed by atoms with Crippen LogP contribution in [0, 0.1) is 5.92 Å². The van der Waals surface area contributed by atoms with Crippen LogP contribution in [0.15, 0.2) is 0 Å². The highest BCUT2D eigenvalue weighted by Crippen LogP contribution is 2.20. The molecular formula is C13H28N2. The quantitative estimate of drug-likeness (QED) is 0.753. The van der Waals surface area contributed by atoms with Crippen LogP contribution in [0.2, 0.25) is 0 Å². The first kappa shape index (κ1) is 13.0. The summed E-state index contributed by atoms with van der Waals surface area (Å²) in [6.07, 6.45) is 6.94. The third-order valence-electron chi connectivity index (χ3n) is 3.89. The highest BCUT2D eigenvalue weighted by atomic mass is 15.1. The van der Waals surface area contributed by atoms with Crippen molar-refractivity contribution in [3.63, 3.8) is 0 Å². The molecule has 2 unspecified atom stereocenters. The lowest BCUT2D eigenvalue weighted by Crippen LogP contribution is -2.31. The van der Waals surface area contributed by atoms with E-state index in [0.29, 0.717) is 6.04 Å². The first-order chi connectivity index (χ1) is 7.26. The molecule has 0 amide bonds. The second kappa shape index (κ2) is 7.24. The summed E-state index contributed by atoms with van der Waals surface area (Å²) in [5.74, 6) is 0.997. The van der Waals surface area contributed by atoms with Crippen LogP contribution in [0.5, 0.6) is 0 Å². The molecule has 1 rings (SSSR count). The zero-order chi connectivity index (χ0) is 11.1. The highest BCUT2D eigenvalue weighted by molar-refractivity contribution is 4.70. The Morgan fingerprint density at radius 3 is 2.80 bits per heavy atom. The van der Waals surface area contributed by atoms with Crippen LogP contribution in [0.3, 0.4) is 0 Å². The van der Waals surface area contributed by atoms with Crippen molar-refractivity contribution in [2.24, 2.45) is 5.92 Å². The van der Waals surface area contributed by atoms with E-state index in [1.165, 1.54) is 51.7 Å². The van der Waals surface area contributed by atoms with E-state index in [1.807, 2.05) is 0 Å². The zero-order valence-corrected chi connectivity index (χ0v) is 10.8. The summed E-state index contributed by atoms with van der Waals surface area (Å²) in [6, 6.07) is 0.662. The van der Waals surface area contributed by atoms with Crippen molar-refractivity contribution in [1.29, 1.82) is 0 Å². The van der Waals surface area contributed by atoms with Gasteiger partial charge in [-0.25, -0.2) is 0 Å². The summed E-state index contributed by atoms with van der Waals surface area (Å²) in [7, 11) is 2.06. The average molecular weight is 212 g/mol. The fourth-order valence-corrected chi connectivity index (χ4v) is 2.38. The molecule has 0 saturated carbocycles. The van der Waals surface area contributed by atoms with Crippen LogP contribution >= 0.6 is 0 Å². The molecule has 0 bridgehead atoms. The van der Waals surface area contributed by atoms with Crippen molar-refractivity contribution in [2.45, 2.75) is 52.0 Å². The van der Waals surface area contributed by atoms with Crippen molar-refractivity contribution in [3.05, 3.63) is 0 Å². The molecule has 15 heavy (non-hydrogen) atoms. The van der Waals surface area contributed by atoms with Gasteiger partial charge in [0.1, 0.15) is 0 Å². The zero-order valence-electron chi connectivity index (χ0n) is 10.8. The third kappa shape index (κ3) is 4.98. The number of likely N-dealkylation sites (tertiary alicyclic amines) is 1. The highest BCUT2D eigenvalue weighted by Gasteiger charge is 2.15. The number of hydrogen-bond acceptors (Lipinski definition) is 2. The topological polar surface area (TPSA) is 15.3 Å². The Labute approximate surface area is 95.4 Å². The molecule has 0 aromatic rings.